The van der Waals surface area contributed by atoms with E-state index in [1.54, 1.807) is 0 Å². The summed E-state index contributed by atoms with van der Waals surface area (Å²) in [5.41, 5.74) is 0. The van der Waals surface area contributed by atoms with E-state index in [2.05, 4.69) is 0 Å². The average molecular weight is 235 g/mol. The molecule has 0 aromatic heterocycles. The molecule has 0 aliphatic heterocycles. The molecule has 0 saturated carbocycles. The number of rotatable bonds is 0. The summed E-state index contributed by atoms with van der Waals surface area (Å²) in [6, 6.07) is 0. The van der Waals surface area contributed by atoms with Gasteiger partial charge in [-0.05, 0) is 0 Å². The molecule has 55 valence electrons. The molecule has 6 nitrogen and oxygen atoms in total. The minimum absolute atomic E-state index is 0. The summed E-state index contributed by atoms with van der Waals surface area (Å²) in [5.74, 6) is 0. The maximum atomic E-state index is 8.52. The summed E-state index contributed by atoms with van der Waals surface area (Å²) in [6.07, 6.45) is 0. The van der Waals surface area contributed by atoms with Gasteiger partial charge in [-0.25, -0.2) is 0 Å². The Bertz CT molecular complexity index is 73.7. The SMILES string of the molecule is O=[Si]([O-])[O-].O=[Si]([O-])[O-].[Co+2].[Mg+2]. The quantitative estimate of drug-likeness (QED) is 0.384. The van der Waals surface area contributed by atoms with E-state index in [0.29, 0.717) is 0 Å². The van der Waals surface area contributed by atoms with Crippen molar-refractivity contribution in [3.05, 3.63) is 0 Å². The van der Waals surface area contributed by atoms with E-state index in [9.17, 15) is 0 Å². The zero-order valence-electron chi connectivity index (χ0n) is 4.49. The van der Waals surface area contributed by atoms with E-state index in [1.165, 1.54) is 0 Å². The molecule has 10 heavy (non-hydrogen) atoms. The van der Waals surface area contributed by atoms with Crippen LogP contribution in [0.2, 0.25) is 0 Å². The van der Waals surface area contributed by atoms with Gasteiger partial charge in [0.1, 0.15) is 0 Å². The summed E-state index contributed by atoms with van der Waals surface area (Å²) in [5, 5.41) is 0. The zero-order chi connectivity index (χ0) is 7.15. The van der Waals surface area contributed by atoms with Gasteiger partial charge in [-0.2, -0.15) is 0 Å². The van der Waals surface area contributed by atoms with Gasteiger partial charge >= 0.3 is 39.8 Å². The van der Waals surface area contributed by atoms with Crippen molar-refractivity contribution in [2.45, 2.75) is 0 Å². The van der Waals surface area contributed by atoms with Gasteiger partial charge < -0.3 is 28.1 Å². The van der Waals surface area contributed by atoms with Crippen LogP contribution in [0.4, 0.5) is 0 Å². The molecule has 0 aromatic carbocycles. The molecule has 0 rings (SSSR count). The smallest absolute Gasteiger partial charge is 0.672 e. The molecule has 0 atom stereocenters. The third-order valence-corrected chi connectivity index (χ3v) is 0. The monoisotopic (exact) mass is 235 g/mol. The van der Waals surface area contributed by atoms with Crippen molar-refractivity contribution in [3.8, 4) is 0 Å². The van der Waals surface area contributed by atoms with E-state index in [0.717, 1.165) is 0 Å². The molecule has 0 amide bonds. The fourth-order valence-electron chi connectivity index (χ4n) is 0. The van der Waals surface area contributed by atoms with Crippen LogP contribution in [-0.4, -0.2) is 41.4 Å². The number of hydrogen-bond donors (Lipinski definition) is 0. The predicted molar refractivity (Wildman–Crippen MR) is 18.6 cm³/mol. The first-order chi connectivity index (χ1) is 3.46. The molecule has 0 saturated heterocycles. The maximum absolute atomic E-state index is 8.52. The summed E-state index contributed by atoms with van der Waals surface area (Å²) in [4.78, 5) is 34.1. The van der Waals surface area contributed by atoms with E-state index in [4.69, 9.17) is 28.1 Å². The Hall–Kier alpha value is 0.506. The minimum atomic E-state index is -3.63. The molecule has 0 aliphatic carbocycles. The molecule has 0 aliphatic rings. The number of hydrogen-bond acceptors (Lipinski definition) is 6. The van der Waals surface area contributed by atoms with Crippen LogP contribution in [0.3, 0.4) is 0 Å². The predicted octanol–water partition coefficient (Wildman–Crippen LogP) is -6.14. The van der Waals surface area contributed by atoms with Crippen molar-refractivity contribution in [2.75, 3.05) is 0 Å². The van der Waals surface area contributed by atoms with E-state index in [-0.39, 0.29) is 39.8 Å². The molecule has 0 bridgehead atoms. The topological polar surface area (TPSA) is 126 Å². The summed E-state index contributed by atoms with van der Waals surface area (Å²) >= 11 is 0. The van der Waals surface area contributed by atoms with Crippen molar-refractivity contribution >= 4 is 41.4 Å². The largest absolute Gasteiger partial charge is 2.00 e. The first kappa shape index (κ1) is 22.4. The van der Waals surface area contributed by atoms with Crippen molar-refractivity contribution in [3.63, 3.8) is 0 Å². The molecule has 0 heterocycles. The van der Waals surface area contributed by atoms with Gasteiger partial charge in [0.2, 0.25) is 0 Å². The normalized spacial score (nSPS) is 4.80. The van der Waals surface area contributed by atoms with Crippen LogP contribution in [0.25, 0.3) is 0 Å². The Labute approximate surface area is 86.0 Å². The van der Waals surface area contributed by atoms with Crippen LogP contribution in [0, 0.1) is 0 Å². The van der Waals surface area contributed by atoms with Crippen LogP contribution in [0.15, 0.2) is 0 Å². The van der Waals surface area contributed by atoms with Crippen LogP contribution in [-0.2, 0) is 25.7 Å². The average Bonchev–Trinajstić information content (AvgIpc) is 1.25. The molecule has 10 heteroatoms. The Morgan fingerprint density at radius 3 is 0.800 bits per heavy atom. The second-order valence-corrected chi connectivity index (χ2v) is 1.50. The van der Waals surface area contributed by atoms with Gasteiger partial charge in [0.25, 0.3) is 0 Å². The van der Waals surface area contributed by atoms with E-state index >= 15 is 0 Å². The maximum Gasteiger partial charge on any atom is 2.00 e. The summed E-state index contributed by atoms with van der Waals surface area (Å²) in [7, 11) is -7.26. The van der Waals surface area contributed by atoms with Crippen molar-refractivity contribution in [1.82, 2.24) is 0 Å². The molecule has 0 aromatic rings. The fourth-order valence-corrected chi connectivity index (χ4v) is 0. The fraction of sp³-hybridized carbons (Fsp3) is 0. The van der Waals surface area contributed by atoms with Gasteiger partial charge in [0, 0.05) is 18.3 Å². The molecule has 0 fully saturated rings. The van der Waals surface area contributed by atoms with Gasteiger partial charge in [-0.1, -0.05) is 0 Å². The third-order valence-electron chi connectivity index (χ3n) is 0. The van der Waals surface area contributed by atoms with Crippen LogP contribution in [0.5, 0.6) is 0 Å². The standard InChI is InChI=1S/Co.Mg.2O3Si/c;;2*1-4(2)3/q2*+2;2*-2. The minimum Gasteiger partial charge on any atom is -0.672 e. The van der Waals surface area contributed by atoms with Crippen molar-refractivity contribution in [2.24, 2.45) is 0 Å². The second kappa shape index (κ2) is 16.2. The van der Waals surface area contributed by atoms with Gasteiger partial charge in [0.05, 0.1) is 0 Å². The molecule has 0 spiro atoms. The molecule has 0 unspecified atom stereocenters. The summed E-state index contributed by atoms with van der Waals surface area (Å²) < 4.78 is 17.0. The van der Waals surface area contributed by atoms with Crippen LogP contribution in [0.1, 0.15) is 0 Å². The van der Waals surface area contributed by atoms with Crippen molar-refractivity contribution in [1.29, 1.82) is 0 Å². The van der Waals surface area contributed by atoms with E-state index in [1.807, 2.05) is 0 Å². The van der Waals surface area contributed by atoms with Crippen LogP contribution < -0.4 is 19.2 Å². The Kier molecular flexibility index (Phi) is 36.4. The third kappa shape index (κ3) is 1870. The Morgan fingerprint density at radius 2 is 0.800 bits per heavy atom. The molecule has 0 N–H and O–H groups in total. The molecular weight excluding hydrogens is 235 g/mol. The van der Waals surface area contributed by atoms with Crippen LogP contribution >= 0.6 is 0 Å². The second-order valence-electron chi connectivity index (χ2n) is 0.500. The molecular formula is CoMgO6Si2. The summed E-state index contributed by atoms with van der Waals surface area (Å²) in [6.45, 7) is 0. The first-order valence-corrected chi connectivity index (χ1v) is 3.67. The van der Waals surface area contributed by atoms with Gasteiger partial charge in [-0.15, -0.1) is 0 Å². The van der Waals surface area contributed by atoms with Gasteiger partial charge in [-0.3, -0.25) is 0 Å². The van der Waals surface area contributed by atoms with Gasteiger partial charge in [0.15, 0.2) is 0 Å². The Balaban J connectivity index is -0.0000000300. The zero-order valence-corrected chi connectivity index (χ0v) is 8.95. The first-order valence-electron chi connectivity index (χ1n) is 1.22. The van der Waals surface area contributed by atoms with Crippen molar-refractivity contribution < 1.29 is 44.9 Å². The Morgan fingerprint density at radius 1 is 0.800 bits per heavy atom. The van der Waals surface area contributed by atoms with E-state index < -0.39 is 18.3 Å². The molecule has 1 radical (unpaired) electrons.